The summed E-state index contributed by atoms with van der Waals surface area (Å²) in [6, 6.07) is 15.2. The van der Waals surface area contributed by atoms with Gasteiger partial charge in [0.1, 0.15) is 35.4 Å². The summed E-state index contributed by atoms with van der Waals surface area (Å²) in [6.45, 7) is 9.71. The third kappa shape index (κ3) is 8.47. The van der Waals surface area contributed by atoms with E-state index < -0.39 is 76.1 Å². The number of halogens is 1. The summed E-state index contributed by atoms with van der Waals surface area (Å²) in [6.07, 6.45) is 1.64. The molecule has 2 unspecified atom stereocenters. The molecular formula is C43H51FN5O8S-. The lowest BCUT2D eigenvalue weighted by Gasteiger charge is -2.37. The Morgan fingerprint density at radius 2 is 1.86 bits per heavy atom. The molecule has 3 aromatic rings. The minimum absolute atomic E-state index is 0.0286. The first kappa shape index (κ1) is 41.3. The van der Waals surface area contributed by atoms with E-state index in [-0.39, 0.29) is 38.3 Å². The zero-order chi connectivity index (χ0) is 41.5. The molecule has 0 radical (unpaired) electrons. The maximum Gasteiger partial charge on any atom is 0.260 e. The number of aromatic nitrogens is 1. The van der Waals surface area contributed by atoms with Crippen LogP contribution in [0.1, 0.15) is 65.7 Å². The highest BCUT2D eigenvalue weighted by atomic mass is 32.2. The summed E-state index contributed by atoms with van der Waals surface area (Å²) in [5, 5.41) is 3.56. The molecule has 2 aromatic carbocycles. The zero-order valence-electron chi connectivity index (χ0n) is 33.4. The highest BCUT2D eigenvalue weighted by molar-refractivity contribution is 7.77. The normalized spacial score (nSPS) is 25.4. The molecule has 7 atom stereocenters. The van der Waals surface area contributed by atoms with Crippen LogP contribution in [0.4, 0.5) is 4.39 Å². The van der Waals surface area contributed by atoms with Crippen molar-refractivity contribution in [3.63, 3.8) is 0 Å². The van der Waals surface area contributed by atoms with Crippen molar-refractivity contribution >= 4 is 45.8 Å². The molecule has 13 nitrogen and oxygen atoms in total. The smallest absolute Gasteiger partial charge is 0.260 e. The van der Waals surface area contributed by atoms with Crippen molar-refractivity contribution in [1.29, 1.82) is 0 Å². The van der Waals surface area contributed by atoms with Crippen LogP contribution in [0.25, 0.3) is 22.2 Å². The molecule has 4 amide bonds. The van der Waals surface area contributed by atoms with Crippen molar-refractivity contribution in [3.05, 3.63) is 67.3 Å². The summed E-state index contributed by atoms with van der Waals surface area (Å²) >= 11 is -2.85. The lowest BCUT2D eigenvalue weighted by atomic mass is 9.77. The monoisotopic (exact) mass is 816 g/mol. The Kier molecular flexibility index (Phi) is 11.7. The van der Waals surface area contributed by atoms with Crippen molar-refractivity contribution in [3.8, 4) is 22.8 Å². The van der Waals surface area contributed by atoms with Crippen LogP contribution in [0.2, 0.25) is 0 Å². The van der Waals surface area contributed by atoms with Gasteiger partial charge in [0.25, 0.3) is 5.91 Å². The van der Waals surface area contributed by atoms with Gasteiger partial charge in [-0.3, -0.25) is 27.7 Å². The minimum atomic E-state index is -2.85. The third-order valence-corrected chi connectivity index (χ3v) is 12.7. The molecule has 3 heterocycles. The van der Waals surface area contributed by atoms with Gasteiger partial charge in [-0.2, -0.15) is 0 Å². The average Bonchev–Trinajstić information content (AvgIpc) is 4.12. The minimum Gasteiger partial charge on any atom is -0.755 e. The number of hydrogen-bond acceptors (Lipinski definition) is 9. The Balaban J connectivity index is 1.22. The van der Waals surface area contributed by atoms with Crippen molar-refractivity contribution in [2.45, 2.75) is 95.6 Å². The summed E-state index contributed by atoms with van der Waals surface area (Å²) in [5.41, 5.74) is -0.199. The van der Waals surface area contributed by atoms with E-state index in [0.29, 0.717) is 60.3 Å². The number of benzene rings is 2. The number of methoxy groups -OCH3 is 1. The Morgan fingerprint density at radius 3 is 2.48 bits per heavy atom. The van der Waals surface area contributed by atoms with E-state index in [0.717, 1.165) is 9.87 Å². The van der Waals surface area contributed by atoms with Crippen molar-refractivity contribution < 1.29 is 41.8 Å². The quantitative estimate of drug-likeness (QED) is 0.183. The van der Waals surface area contributed by atoms with E-state index in [4.69, 9.17) is 14.5 Å². The molecule has 7 rings (SSSR count). The molecule has 4 aliphatic rings. The maximum absolute atomic E-state index is 14.9. The van der Waals surface area contributed by atoms with Crippen LogP contribution in [0.5, 0.6) is 11.5 Å². The predicted octanol–water partition coefficient (Wildman–Crippen LogP) is 5.12. The van der Waals surface area contributed by atoms with Crippen molar-refractivity contribution in [2.75, 3.05) is 26.7 Å². The first-order chi connectivity index (χ1) is 27.6. The molecule has 4 fully saturated rings. The van der Waals surface area contributed by atoms with Gasteiger partial charge in [-0.05, 0) is 49.7 Å². The van der Waals surface area contributed by atoms with E-state index in [1.54, 1.807) is 19.2 Å². The largest absolute Gasteiger partial charge is 0.755 e. The second kappa shape index (κ2) is 16.4. The number of piperidine rings is 1. The number of amides is 4. The van der Waals surface area contributed by atoms with Crippen LogP contribution in [0.15, 0.2) is 67.3 Å². The van der Waals surface area contributed by atoms with Crippen LogP contribution in [0, 0.1) is 17.3 Å². The molecule has 310 valence electrons. The van der Waals surface area contributed by atoms with Gasteiger partial charge < -0.3 is 29.1 Å². The van der Waals surface area contributed by atoms with E-state index >= 15 is 0 Å². The number of ether oxygens (including phenoxy) is 2. The highest BCUT2D eigenvalue weighted by Crippen LogP contribution is 2.48. The lowest BCUT2D eigenvalue weighted by molar-refractivity contribution is -0.149. The van der Waals surface area contributed by atoms with Gasteiger partial charge in [0.2, 0.25) is 17.7 Å². The Morgan fingerprint density at radius 1 is 1.12 bits per heavy atom. The molecular weight excluding hydrogens is 766 g/mol. The van der Waals surface area contributed by atoms with E-state index in [1.165, 1.54) is 15.9 Å². The SMILES string of the molecule is C=C[C@@H]1C[C@]1(NC(=O)[C@@H]1C[C@@H](Oc2cc(-c3ccccc3)nc3cc(OC)ccc23)CN1C(=O)[C@@H](CC(=O)N1CCCC(F)C1)C(C)(C)C)C(=O)N(C1CC1)S(=O)[O-]. The number of fused-ring (bicyclic) bond motifs is 1. The van der Waals surface area contributed by atoms with Crippen LogP contribution in [-0.2, 0) is 30.4 Å². The number of likely N-dealkylation sites (tertiary alicyclic amines) is 2. The molecule has 0 spiro atoms. The molecule has 1 N–H and O–H groups in total. The topological polar surface area (TPSA) is 162 Å². The molecule has 58 heavy (non-hydrogen) atoms. The van der Waals surface area contributed by atoms with E-state index in [1.807, 2.05) is 63.2 Å². The van der Waals surface area contributed by atoms with E-state index in [2.05, 4.69) is 11.9 Å². The standard InChI is InChI=1S/C43H52FN5O8S/c1-6-27-23-43(27,41(53)49(58(54)55)29-14-15-29)46-39(51)36-20-31(25-48(36)40(52)33(42(2,3)4)21-38(50)47-18-10-13-28(44)24-47)57-37-22-34(26-11-8-7-9-12-26)45-35-19-30(56-5)16-17-32(35)37/h6-9,11-12,16-17,19,22,27-29,31,33,36H,1,10,13-15,18,20-21,23-25H2,2-5H3,(H,46,51)(H,54,55)/p-1/t27-,28?,31-,33-,36+,43-/m1/s1. The van der Waals surface area contributed by atoms with Gasteiger partial charge in [-0.15, -0.1) is 6.58 Å². The van der Waals surface area contributed by atoms with Crippen LogP contribution >= 0.6 is 0 Å². The first-order valence-corrected chi connectivity index (χ1v) is 21.0. The van der Waals surface area contributed by atoms with Crippen molar-refractivity contribution in [1.82, 2.24) is 24.4 Å². The number of alkyl halides is 1. The molecule has 2 aliphatic heterocycles. The van der Waals surface area contributed by atoms with Crippen LogP contribution < -0.4 is 14.8 Å². The van der Waals surface area contributed by atoms with Gasteiger partial charge in [0.15, 0.2) is 0 Å². The van der Waals surface area contributed by atoms with Gasteiger partial charge >= 0.3 is 0 Å². The van der Waals surface area contributed by atoms with Gasteiger partial charge in [0.05, 0.1) is 48.6 Å². The summed E-state index contributed by atoms with van der Waals surface area (Å²) in [4.78, 5) is 64.8. The van der Waals surface area contributed by atoms with Gasteiger partial charge in [0, 0.05) is 54.4 Å². The Bertz CT molecular complexity index is 2110. The maximum atomic E-state index is 14.9. The fourth-order valence-corrected chi connectivity index (χ4v) is 9.06. The first-order valence-electron chi connectivity index (χ1n) is 19.9. The lowest BCUT2D eigenvalue weighted by Crippen LogP contribution is -2.57. The fraction of sp³-hybridized carbons (Fsp3) is 0.512. The number of nitrogens with zero attached hydrogens (tertiary/aromatic N) is 4. The molecule has 15 heteroatoms. The Labute approximate surface area is 340 Å². The zero-order valence-corrected chi connectivity index (χ0v) is 34.2. The molecule has 2 aliphatic carbocycles. The summed E-state index contributed by atoms with van der Waals surface area (Å²) in [5.74, 6) is -2.51. The molecule has 1 aromatic heterocycles. The number of carbonyl (C=O) groups excluding carboxylic acids is 4. The number of pyridine rings is 1. The van der Waals surface area contributed by atoms with Crippen LogP contribution in [0.3, 0.4) is 0 Å². The van der Waals surface area contributed by atoms with E-state index in [9.17, 15) is 32.3 Å². The second-order valence-electron chi connectivity index (χ2n) is 17.0. The molecule has 0 bridgehead atoms. The number of carbonyl (C=O) groups is 4. The van der Waals surface area contributed by atoms with Gasteiger partial charge in [-0.1, -0.05) is 57.2 Å². The Hall–Kier alpha value is -4.89. The number of rotatable bonds is 13. The predicted molar refractivity (Wildman–Crippen MR) is 215 cm³/mol. The fourth-order valence-electron chi connectivity index (χ4n) is 8.31. The highest BCUT2D eigenvalue weighted by Gasteiger charge is 2.63. The summed E-state index contributed by atoms with van der Waals surface area (Å²) in [7, 11) is 1.57. The third-order valence-electron chi connectivity index (χ3n) is 11.9. The second-order valence-corrected chi connectivity index (χ2v) is 17.9. The number of nitrogens with one attached hydrogen (secondary N) is 1. The van der Waals surface area contributed by atoms with Gasteiger partial charge in [-0.25, -0.2) is 9.37 Å². The average molecular weight is 817 g/mol. The molecule has 2 saturated heterocycles. The van der Waals surface area contributed by atoms with Crippen molar-refractivity contribution in [2.24, 2.45) is 17.3 Å². The summed E-state index contributed by atoms with van der Waals surface area (Å²) < 4.78 is 51.9. The number of hydrogen-bond donors (Lipinski definition) is 1. The van der Waals surface area contributed by atoms with Crippen LogP contribution in [-0.4, -0.2) is 108 Å². The molecule has 2 saturated carbocycles.